The summed E-state index contributed by atoms with van der Waals surface area (Å²) in [4.78, 5) is 1.37. The van der Waals surface area contributed by atoms with E-state index in [1.807, 2.05) is 11.8 Å². The fourth-order valence-electron chi connectivity index (χ4n) is 1.79. The van der Waals surface area contributed by atoms with Crippen molar-refractivity contribution in [1.29, 1.82) is 0 Å². The van der Waals surface area contributed by atoms with Gasteiger partial charge in [-0.1, -0.05) is 45.2 Å². The van der Waals surface area contributed by atoms with Gasteiger partial charge in [0.25, 0.3) is 0 Å². The van der Waals surface area contributed by atoms with Crippen LogP contribution in [0.3, 0.4) is 0 Å². The summed E-state index contributed by atoms with van der Waals surface area (Å²) in [5.74, 6) is 2.73. The molecule has 1 atom stereocenters. The zero-order chi connectivity index (χ0) is 12.5. The summed E-state index contributed by atoms with van der Waals surface area (Å²) in [6, 6.07) is 8.63. The predicted octanol–water partition coefficient (Wildman–Crippen LogP) is 5.73. The van der Waals surface area contributed by atoms with Crippen LogP contribution in [-0.2, 0) is 5.88 Å². The molecule has 1 unspecified atom stereocenters. The molecule has 0 heterocycles. The number of rotatable bonds is 8. The monoisotopic (exact) mass is 270 g/mol. The summed E-state index contributed by atoms with van der Waals surface area (Å²) in [5.41, 5.74) is 1.20. The van der Waals surface area contributed by atoms with E-state index >= 15 is 0 Å². The minimum Gasteiger partial charge on any atom is -0.126 e. The topological polar surface area (TPSA) is 0 Å². The Morgan fingerprint density at radius 2 is 1.88 bits per heavy atom. The molecule has 2 heteroatoms. The van der Waals surface area contributed by atoms with Gasteiger partial charge in [0.2, 0.25) is 0 Å². The molecule has 17 heavy (non-hydrogen) atoms. The van der Waals surface area contributed by atoms with Crippen LogP contribution in [0.2, 0.25) is 0 Å². The highest BCUT2D eigenvalue weighted by molar-refractivity contribution is 7.99. The van der Waals surface area contributed by atoms with Crippen LogP contribution in [0.25, 0.3) is 0 Å². The molecule has 0 saturated carbocycles. The second-order valence-corrected chi connectivity index (χ2v) is 5.87. The van der Waals surface area contributed by atoms with Crippen molar-refractivity contribution < 1.29 is 0 Å². The number of thioether (sulfide) groups is 1. The molecule has 0 aliphatic carbocycles. The first-order valence-electron chi connectivity index (χ1n) is 6.57. The highest BCUT2D eigenvalue weighted by Gasteiger charge is 2.06. The smallest absolute Gasteiger partial charge is 0.0474 e. The Labute approximate surface area is 115 Å². The number of benzene rings is 1. The molecular weight excluding hydrogens is 248 g/mol. The van der Waals surface area contributed by atoms with Gasteiger partial charge in [0.05, 0.1) is 0 Å². The highest BCUT2D eigenvalue weighted by atomic mass is 35.5. The van der Waals surface area contributed by atoms with Gasteiger partial charge in [-0.05, 0) is 30.0 Å². The number of alkyl halides is 1. The molecule has 0 saturated heterocycles. The third kappa shape index (κ3) is 5.83. The second-order valence-electron chi connectivity index (χ2n) is 4.51. The maximum atomic E-state index is 5.78. The van der Waals surface area contributed by atoms with E-state index in [0.29, 0.717) is 5.88 Å². The first-order chi connectivity index (χ1) is 8.30. The average molecular weight is 271 g/mol. The fourth-order valence-corrected chi connectivity index (χ4v) is 3.12. The zero-order valence-corrected chi connectivity index (χ0v) is 12.5. The first kappa shape index (κ1) is 14.9. The Balaban J connectivity index is 2.36. The van der Waals surface area contributed by atoms with Crippen LogP contribution in [0.1, 0.15) is 45.1 Å². The van der Waals surface area contributed by atoms with Crippen molar-refractivity contribution >= 4 is 23.4 Å². The molecule has 96 valence electrons. The lowest BCUT2D eigenvalue weighted by atomic mass is 10.0. The zero-order valence-electron chi connectivity index (χ0n) is 10.9. The van der Waals surface area contributed by atoms with E-state index in [1.54, 1.807) is 0 Å². The maximum absolute atomic E-state index is 5.78. The Kier molecular flexibility index (Phi) is 7.79. The van der Waals surface area contributed by atoms with E-state index in [2.05, 4.69) is 38.1 Å². The lowest BCUT2D eigenvalue weighted by molar-refractivity contribution is 0.499. The van der Waals surface area contributed by atoms with E-state index in [4.69, 9.17) is 11.6 Å². The SMILES string of the molecule is CCCCC(CC)CSc1ccc(CCl)cc1. The quantitative estimate of drug-likeness (QED) is 0.429. The van der Waals surface area contributed by atoms with Gasteiger partial charge >= 0.3 is 0 Å². The van der Waals surface area contributed by atoms with Crippen molar-refractivity contribution in [1.82, 2.24) is 0 Å². The number of unbranched alkanes of at least 4 members (excludes halogenated alkanes) is 1. The van der Waals surface area contributed by atoms with Crippen molar-refractivity contribution in [3.8, 4) is 0 Å². The highest BCUT2D eigenvalue weighted by Crippen LogP contribution is 2.25. The molecule has 0 bridgehead atoms. The van der Waals surface area contributed by atoms with Crippen molar-refractivity contribution in [3.05, 3.63) is 29.8 Å². The molecule has 0 nitrogen and oxygen atoms in total. The summed E-state index contributed by atoms with van der Waals surface area (Å²) >= 11 is 7.76. The molecule has 1 rings (SSSR count). The Morgan fingerprint density at radius 1 is 1.18 bits per heavy atom. The molecule has 0 aromatic heterocycles. The molecule has 0 fully saturated rings. The van der Waals surface area contributed by atoms with Crippen LogP contribution in [-0.4, -0.2) is 5.75 Å². The molecular formula is C15H23ClS. The van der Waals surface area contributed by atoms with Crippen LogP contribution in [0.15, 0.2) is 29.2 Å². The molecule has 1 aromatic carbocycles. The molecule has 0 spiro atoms. The molecule has 0 aliphatic rings. The fraction of sp³-hybridized carbons (Fsp3) is 0.600. The standard InChI is InChI=1S/C15H23ClS/c1-3-5-6-13(4-2)12-17-15-9-7-14(11-16)8-10-15/h7-10,13H,3-6,11-12H2,1-2H3. The van der Waals surface area contributed by atoms with Gasteiger partial charge in [0, 0.05) is 16.5 Å². The van der Waals surface area contributed by atoms with Crippen molar-refractivity contribution in [2.45, 2.75) is 50.3 Å². The summed E-state index contributed by atoms with van der Waals surface area (Å²) in [6.45, 7) is 4.57. The third-order valence-corrected chi connectivity index (χ3v) is 4.66. The molecule has 0 N–H and O–H groups in total. The van der Waals surface area contributed by atoms with Crippen LogP contribution in [0.5, 0.6) is 0 Å². The summed E-state index contributed by atoms with van der Waals surface area (Å²) in [7, 11) is 0. The van der Waals surface area contributed by atoms with Gasteiger partial charge in [-0.3, -0.25) is 0 Å². The lowest BCUT2D eigenvalue weighted by Gasteiger charge is -2.13. The molecule has 1 aromatic rings. The van der Waals surface area contributed by atoms with E-state index in [-0.39, 0.29) is 0 Å². The lowest BCUT2D eigenvalue weighted by Crippen LogP contribution is -2.01. The van der Waals surface area contributed by atoms with E-state index in [0.717, 1.165) is 5.92 Å². The van der Waals surface area contributed by atoms with Crippen molar-refractivity contribution in [3.63, 3.8) is 0 Å². The molecule has 0 radical (unpaired) electrons. The van der Waals surface area contributed by atoms with Gasteiger partial charge in [-0.25, -0.2) is 0 Å². The number of hydrogen-bond donors (Lipinski definition) is 0. The number of hydrogen-bond acceptors (Lipinski definition) is 1. The Bertz CT molecular complexity index is 294. The summed E-state index contributed by atoms with van der Waals surface area (Å²) in [5, 5.41) is 0. The van der Waals surface area contributed by atoms with Gasteiger partial charge < -0.3 is 0 Å². The maximum Gasteiger partial charge on any atom is 0.0474 e. The minimum atomic E-state index is 0.610. The van der Waals surface area contributed by atoms with E-state index < -0.39 is 0 Å². The minimum absolute atomic E-state index is 0.610. The normalized spacial score (nSPS) is 12.6. The van der Waals surface area contributed by atoms with Crippen LogP contribution in [0.4, 0.5) is 0 Å². The average Bonchev–Trinajstić information content (AvgIpc) is 2.39. The second kappa shape index (κ2) is 8.88. The number of halogens is 1. The van der Waals surface area contributed by atoms with E-state index in [9.17, 15) is 0 Å². The van der Waals surface area contributed by atoms with Crippen molar-refractivity contribution in [2.24, 2.45) is 5.92 Å². The predicted molar refractivity (Wildman–Crippen MR) is 80.0 cm³/mol. The van der Waals surface area contributed by atoms with Gasteiger partial charge in [0.1, 0.15) is 0 Å². The third-order valence-electron chi connectivity index (χ3n) is 3.11. The molecule has 0 aliphatic heterocycles. The first-order valence-corrected chi connectivity index (χ1v) is 8.09. The van der Waals surface area contributed by atoms with E-state index in [1.165, 1.54) is 41.9 Å². The van der Waals surface area contributed by atoms with Crippen molar-refractivity contribution in [2.75, 3.05) is 5.75 Å². The summed E-state index contributed by atoms with van der Waals surface area (Å²) in [6.07, 6.45) is 5.35. The van der Waals surface area contributed by atoms with Crippen LogP contribution >= 0.6 is 23.4 Å². The van der Waals surface area contributed by atoms with Gasteiger partial charge in [-0.2, -0.15) is 0 Å². The van der Waals surface area contributed by atoms with Crippen LogP contribution < -0.4 is 0 Å². The van der Waals surface area contributed by atoms with Crippen LogP contribution in [0, 0.1) is 5.92 Å². The summed E-state index contributed by atoms with van der Waals surface area (Å²) < 4.78 is 0. The van der Waals surface area contributed by atoms with Gasteiger partial charge in [-0.15, -0.1) is 23.4 Å². The Morgan fingerprint density at radius 3 is 2.41 bits per heavy atom. The largest absolute Gasteiger partial charge is 0.126 e. The Hall–Kier alpha value is -0.140. The van der Waals surface area contributed by atoms with Gasteiger partial charge in [0.15, 0.2) is 0 Å². The molecule has 0 amide bonds.